The molecule has 2 N–H and O–H groups in total. The Bertz CT molecular complexity index is 616. The second-order valence-corrected chi connectivity index (χ2v) is 5.00. The van der Waals surface area contributed by atoms with Crippen molar-refractivity contribution in [3.05, 3.63) is 51.9 Å². The van der Waals surface area contributed by atoms with Crippen LogP contribution in [0.5, 0.6) is 0 Å². The van der Waals surface area contributed by atoms with Gasteiger partial charge < -0.3 is 10.5 Å². The fraction of sp³-hybridized carbons (Fsp3) is 0.286. The van der Waals surface area contributed by atoms with E-state index in [0.717, 1.165) is 34.1 Å². The lowest BCUT2D eigenvalue weighted by Gasteiger charge is -2.17. The largest absolute Gasteiger partial charge is 0.383 e. The quantitative estimate of drug-likeness (QED) is 0.914. The number of ether oxygens (including phenoxy) is 1. The van der Waals surface area contributed by atoms with E-state index in [-0.39, 0.29) is 0 Å². The summed E-state index contributed by atoms with van der Waals surface area (Å²) < 4.78 is 5.37. The van der Waals surface area contributed by atoms with Gasteiger partial charge in [0.1, 0.15) is 11.6 Å². The van der Waals surface area contributed by atoms with Crippen LogP contribution in [-0.4, -0.2) is 16.6 Å². The van der Waals surface area contributed by atoms with E-state index in [4.69, 9.17) is 22.1 Å². The van der Waals surface area contributed by atoms with Crippen LogP contribution in [0.1, 0.15) is 22.6 Å². The van der Waals surface area contributed by atoms with Crippen molar-refractivity contribution in [1.29, 1.82) is 0 Å². The molecule has 0 atom stereocenters. The third-order valence-corrected chi connectivity index (χ3v) is 3.39. The number of benzene rings is 1. The van der Waals surface area contributed by atoms with Crippen molar-refractivity contribution >= 4 is 17.4 Å². The van der Waals surface area contributed by atoms with Crippen LogP contribution in [0.15, 0.2) is 24.3 Å². The maximum absolute atomic E-state index is 5.98. The number of fused-ring (bicyclic) bond motifs is 1. The molecule has 0 fully saturated rings. The molecule has 98 valence electrons. The first-order chi connectivity index (χ1) is 9.22. The Hall–Kier alpha value is -1.65. The van der Waals surface area contributed by atoms with Gasteiger partial charge in [0.05, 0.1) is 18.9 Å². The van der Waals surface area contributed by atoms with Crippen molar-refractivity contribution in [1.82, 2.24) is 9.97 Å². The number of halogens is 1. The van der Waals surface area contributed by atoms with Gasteiger partial charge >= 0.3 is 0 Å². The average molecular weight is 276 g/mol. The lowest BCUT2D eigenvalue weighted by atomic mass is 10.1. The highest BCUT2D eigenvalue weighted by molar-refractivity contribution is 6.30. The number of aromatic nitrogens is 2. The molecule has 2 heterocycles. The van der Waals surface area contributed by atoms with Crippen molar-refractivity contribution in [3.8, 4) is 0 Å². The van der Waals surface area contributed by atoms with Crippen molar-refractivity contribution < 1.29 is 4.74 Å². The van der Waals surface area contributed by atoms with Crippen LogP contribution in [0.2, 0.25) is 5.02 Å². The Kier molecular flexibility index (Phi) is 3.36. The molecule has 0 aliphatic carbocycles. The van der Waals surface area contributed by atoms with Crippen molar-refractivity contribution in [2.24, 2.45) is 0 Å². The van der Waals surface area contributed by atoms with Crippen LogP contribution < -0.4 is 5.73 Å². The Morgan fingerprint density at radius 2 is 2.21 bits per heavy atom. The summed E-state index contributed by atoms with van der Waals surface area (Å²) >= 11 is 5.98. The standard InChI is InChI=1S/C14H14ClN3O/c15-10-3-1-2-9(6-10)7-13-17-12-4-5-19-8-11(12)14(16)18-13/h1-3,6H,4-5,7-8H2,(H2,16,17,18). The molecule has 0 saturated carbocycles. The van der Waals surface area contributed by atoms with Crippen LogP contribution in [0.3, 0.4) is 0 Å². The minimum atomic E-state index is 0.513. The van der Waals surface area contributed by atoms with Crippen LogP contribution in [0.25, 0.3) is 0 Å². The molecule has 0 amide bonds. The smallest absolute Gasteiger partial charge is 0.135 e. The van der Waals surface area contributed by atoms with Crippen LogP contribution in [-0.2, 0) is 24.2 Å². The molecule has 2 aromatic rings. The highest BCUT2D eigenvalue weighted by Gasteiger charge is 2.16. The van der Waals surface area contributed by atoms with Gasteiger partial charge in [0, 0.05) is 23.4 Å². The topological polar surface area (TPSA) is 61.0 Å². The summed E-state index contributed by atoms with van der Waals surface area (Å²) in [5.41, 5.74) is 8.99. The van der Waals surface area contributed by atoms with E-state index < -0.39 is 0 Å². The zero-order chi connectivity index (χ0) is 13.2. The number of anilines is 1. The highest BCUT2D eigenvalue weighted by Crippen LogP contribution is 2.21. The molecule has 3 rings (SSSR count). The molecule has 4 nitrogen and oxygen atoms in total. The Labute approximate surface area is 116 Å². The number of rotatable bonds is 2. The van der Waals surface area contributed by atoms with Crippen LogP contribution in [0.4, 0.5) is 5.82 Å². The van der Waals surface area contributed by atoms with Crippen molar-refractivity contribution in [3.63, 3.8) is 0 Å². The van der Waals surface area contributed by atoms with Crippen LogP contribution in [0, 0.1) is 0 Å². The molecule has 19 heavy (non-hydrogen) atoms. The van der Waals surface area contributed by atoms with E-state index in [2.05, 4.69) is 9.97 Å². The van der Waals surface area contributed by atoms with Crippen LogP contribution >= 0.6 is 11.6 Å². The minimum Gasteiger partial charge on any atom is -0.383 e. The fourth-order valence-corrected chi connectivity index (χ4v) is 2.43. The van der Waals surface area contributed by atoms with Gasteiger partial charge in [-0.3, -0.25) is 0 Å². The normalized spacial score (nSPS) is 14.2. The number of hydrogen-bond acceptors (Lipinski definition) is 4. The maximum Gasteiger partial charge on any atom is 0.135 e. The van der Waals surface area contributed by atoms with E-state index >= 15 is 0 Å². The minimum absolute atomic E-state index is 0.513. The van der Waals surface area contributed by atoms with E-state index in [9.17, 15) is 0 Å². The molecule has 0 saturated heterocycles. The second kappa shape index (κ2) is 5.15. The molecule has 0 spiro atoms. The van der Waals surface area contributed by atoms with E-state index in [1.807, 2.05) is 24.3 Å². The summed E-state index contributed by atoms with van der Waals surface area (Å²) in [5, 5.41) is 0.719. The predicted octanol–water partition coefficient (Wildman–Crippen LogP) is 2.38. The lowest BCUT2D eigenvalue weighted by molar-refractivity contribution is 0.109. The average Bonchev–Trinajstić information content (AvgIpc) is 2.39. The highest BCUT2D eigenvalue weighted by atomic mass is 35.5. The Balaban J connectivity index is 1.91. The van der Waals surface area contributed by atoms with E-state index in [0.29, 0.717) is 25.5 Å². The Morgan fingerprint density at radius 1 is 1.32 bits per heavy atom. The molecular formula is C14H14ClN3O. The van der Waals surface area contributed by atoms with Gasteiger partial charge in [-0.15, -0.1) is 0 Å². The molecule has 0 unspecified atom stereocenters. The third kappa shape index (κ3) is 2.69. The molecule has 5 heteroatoms. The monoisotopic (exact) mass is 275 g/mol. The molecule has 1 aromatic carbocycles. The molecule has 0 bridgehead atoms. The van der Waals surface area contributed by atoms with Crippen molar-refractivity contribution in [2.75, 3.05) is 12.3 Å². The first-order valence-corrected chi connectivity index (χ1v) is 6.56. The van der Waals surface area contributed by atoms with Gasteiger partial charge in [-0.25, -0.2) is 9.97 Å². The van der Waals surface area contributed by atoms with Gasteiger partial charge in [-0.1, -0.05) is 23.7 Å². The summed E-state index contributed by atoms with van der Waals surface area (Å²) in [7, 11) is 0. The first kappa shape index (κ1) is 12.4. The fourth-order valence-electron chi connectivity index (χ4n) is 2.22. The number of nitrogens with zero attached hydrogens (tertiary/aromatic N) is 2. The summed E-state index contributed by atoms with van der Waals surface area (Å²) in [5.74, 6) is 1.27. The molecule has 1 aromatic heterocycles. The SMILES string of the molecule is Nc1nc(Cc2cccc(Cl)c2)nc2c1COCC2. The van der Waals surface area contributed by atoms with Crippen molar-refractivity contribution in [2.45, 2.75) is 19.4 Å². The number of nitrogens with two attached hydrogens (primary N) is 1. The third-order valence-electron chi connectivity index (χ3n) is 3.15. The maximum atomic E-state index is 5.98. The second-order valence-electron chi connectivity index (χ2n) is 4.56. The van der Waals surface area contributed by atoms with Gasteiger partial charge in [-0.05, 0) is 17.7 Å². The molecular weight excluding hydrogens is 262 g/mol. The van der Waals surface area contributed by atoms with Gasteiger partial charge in [-0.2, -0.15) is 0 Å². The first-order valence-electron chi connectivity index (χ1n) is 6.19. The Morgan fingerprint density at radius 3 is 3.05 bits per heavy atom. The zero-order valence-corrected chi connectivity index (χ0v) is 11.2. The molecule has 1 aliphatic rings. The molecule has 1 aliphatic heterocycles. The van der Waals surface area contributed by atoms with Gasteiger partial charge in [0.15, 0.2) is 0 Å². The van der Waals surface area contributed by atoms with E-state index in [1.54, 1.807) is 0 Å². The zero-order valence-electron chi connectivity index (χ0n) is 10.4. The number of hydrogen-bond donors (Lipinski definition) is 1. The summed E-state index contributed by atoms with van der Waals surface area (Å²) in [6.07, 6.45) is 1.43. The van der Waals surface area contributed by atoms with Gasteiger partial charge in [0.25, 0.3) is 0 Å². The summed E-state index contributed by atoms with van der Waals surface area (Å²) in [6, 6.07) is 7.70. The van der Waals surface area contributed by atoms with Gasteiger partial charge in [0.2, 0.25) is 0 Å². The summed E-state index contributed by atoms with van der Waals surface area (Å²) in [4.78, 5) is 8.94. The molecule has 0 radical (unpaired) electrons. The predicted molar refractivity (Wildman–Crippen MR) is 74.1 cm³/mol. The van der Waals surface area contributed by atoms with E-state index in [1.165, 1.54) is 0 Å². The number of nitrogen functional groups attached to an aromatic ring is 1. The lowest BCUT2D eigenvalue weighted by Crippen LogP contribution is -2.17. The summed E-state index contributed by atoms with van der Waals surface area (Å²) in [6.45, 7) is 1.21.